The van der Waals surface area contributed by atoms with Crippen molar-refractivity contribution in [2.45, 2.75) is 79.1 Å². The Hall–Kier alpha value is -1.48. The first-order valence-corrected chi connectivity index (χ1v) is 11.1. The standard InChI is InChI=1S/C27H37N2.Au.H/c1-18(2)22-11-9-12-23(19(3)4)26(22)28-15-16-29(17-28)27-24(20(5)6)13-10-14-25(27)21(7)8;;/h9-21H,1-8H3;;/q-1;;. The van der Waals surface area contributed by atoms with Gasteiger partial charge >= 0.3 is 22.4 Å². The third-order valence-corrected chi connectivity index (χ3v) is 5.84. The second-order valence-electron chi connectivity index (χ2n) is 9.42. The predicted molar refractivity (Wildman–Crippen MR) is 129 cm³/mol. The molecular formula is C27H38AuN2-. The van der Waals surface area contributed by atoms with Crippen LogP contribution in [0.4, 0.5) is 11.4 Å². The van der Waals surface area contributed by atoms with Gasteiger partial charge in [0, 0.05) is 11.4 Å². The summed E-state index contributed by atoms with van der Waals surface area (Å²) in [5.41, 5.74) is 8.29. The molecule has 168 valence electrons. The Morgan fingerprint density at radius 1 is 0.533 bits per heavy atom. The van der Waals surface area contributed by atoms with Crippen molar-refractivity contribution < 1.29 is 22.4 Å². The minimum absolute atomic E-state index is 0. The first-order chi connectivity index (χ1) is 13.7. The number of hydrogen-bond acceptors (Lipinski definition) is 2. The zero-order valence-electron chi connectivity index (χ0n) is 19.7. The van der Waals surface area contributed by atoms with Crippen molar-refractivity contribution >= 4 is 11.4 Å². The van der Waals surface area contributed by atoms with Crippen molar-refractivity contribution in [1.82, 2.24) is 0 Å². The van der Waals surface area contributed by atoms with Gasteiger partial charge in [0.25, 0.3) is 0 Å². The molecule has 0 bridgehead atoms. The number of anilines is 2. The fraction of sp³-hybridized carbons (Fsp3) is 0.444. The van der Waals surface area contributed by atoms with E-state index in [1.165, 1.54) is 33.6 Å². The van der Waals surface area contributed by atoms with Crippen molar-refractivity contribution in [2.24, 2.45) is 0 Å². The zero-order chi connectivity index (χ0) is 21.3. The van der Waals surface area contributed by atoms with Gasteiger partial charge in [-0.2, -0.15) is 0 Å². The zero-order valence-corrected chi connectivity index (χ0v) is 22.0. The average Bonchev–Trinajstić information content (AvgIpc) is 3.15. The van der Waals surface area contributed by atoms with Crippen LogP contribution in [0.15, 0.2) is 48.8 Å². The van der Waals surface area contributed by atoms with Gasteiger partial charge in [-0.05, 0) is 58.3 Å². The summed E-state index contributed by atoms with van der Waals surface area (Å²) in [5.74, 6) is 1.92. The molecule has 0 N–H and O–H groups in total. The van der Waals surface area contributed by atoms with Gasteiger partial charge in [-0.15, -0.1) is 6.67 Å². The fourth-order valence-corrected chi connectivity index (χ4v) is 4.24. The average molecular weight is 588 g/mol. The molecule has 0 fully saturated rings. The summed E-state index contributed by atoms with van der Waals surface area (Å²) < 4.78 is 0. The SMILES string of the molecule is CC(C)c1cccc(C(C)C)c1N1C=CN(c2c(C(C)C)cccc2C(C)C)[CH-]1.[AuH]. The van der Waals surface area contributed by atoms with Crippen LogP contribution in [-0.2, 0) is 22.4 Å². The van der Waals surface area contributed by atoms with Crippen molar-refractivity contribution in [3.63, 3.8) is 0 Å². The second kappa shape index (κ2) is 10.2. The molecule has 0 saturated carbocycles. The van der Waals surface area contributed by atoms with Crippen molar-refractivity contribution in [3.05, 3.63) is 77.7 Å². The summed E-state index contributed by atoms with van der Waals surface area (Å²) in [5, 5.41) is 0. The van der Waals surface area contributed by atoms with Gasteiger partial charge in [0.15, 0.2) is 0 Å². The van der Waals surface area contributed by atoms with Gasteiger partial charge in [-0.1, -0.05) is 91.8 Å². The molecule has 30 heavy (non-hydrogen) atoms. The van der Waals surface area contributed by atoms with E-state index in [1.54, 1.807) is 0 Å². The second-order valence-corrected chi connectivity index (χ2v) is 9.42. The molecule has 1 aliphatic heterocycles. The van der Waals surface area contributed by atoms with E-state index in [4.69, 9.17) is 0 Å². The number of hydrogen-bond donors (Lipinski definition) is 0. The maximum absolute atomic E-state index is 2.33. The molecule has 3 rings (SSSR count). The van der Waals surface area contributed by atoms with E-state index in [2.05, 4.69) is 121 Å². The van der Waals surface area contributed by atoms with Gasteiger partial charge in [-0.25, -0.2) is 0 Å². The molecule has 0 spiro atoms. The van der Waals surface area contributed by atoms with Crippen molar-refractivity contribution in [3.8, 4) is 0 Å². The molecule has 1 aliphatic rings. The molecule has 0 saturated heterocycles. The van der Waals surface area contributed by atoms with Gasteiger partial charge in [-0.3, -0.25) is 0 Å². The van der Waals surface area contributed by atoms with Gasteiger partial charge in [0.05, 0.1) is 0 Å². The Bertz CT molecular complexity index is 756. The Kier molecular flexibility index (Phi) is 8.44. The first kappa shape index (κ1) is 24.8. The Morgan fingerprint density at radius 2 is 0.800 bits per heavy atom. The fourth-order valence-electron chi connectivity index (χ4n) is 4.24. The summed E-state index contributed by atoms with van der Waals surface area (Å²) in [4.78, 5) is 4.65. The van der Waals surface area contributed by atoms with Crippen molar-refractivity contribution in [2.75, 3.05) is 9.80 Å². The monoisotopic (exact) mass is 587 g/mol. The molecule has 2 nitrogen and oxygen atoms in total. The van der Waals surface area contributed by atoms with Gasteiger partial charge in [0.1, 0.15) is 0 Å². The first-order valence-electron chi connectivity index (χ1n) is 11.1. The molecule has 2 aromatic carbocycles. The molecule has 0 unspecified atom stereocenters. The van der Waals surface area contributed by atoms with Crippen LogP contribution < -0.4 is 9.80 Å². The van der Waals surface area contributed by atoms with E-state index < -0.39 is 0 Å². The van der Waals surface area contributed by atoms with Crippen LogP contribution in [0.5, 0.6) is 0 Å². The summed E-state index contributed by atoms with van der Waals surface area (Å²) in [7, 11) is 0. The van der Waals surface area contributed by atoms with E-state index in [9.17, 15) is 0 Å². The molecule has 1 radical (unpaired) electrons. The van der Waals surface area contributed by atoms with E-state index >= 15 is 0 Å². The van der Waals surface area contributed by atoms with E-state index in [0.717, 1.165) is 0 Å². The third kappa shape index (κ3) is 4.88. The van der Waals surface area contributed by atoms with Crippen LogP contribution in [0.1, 0.15) is 101 Å². The summed E-state index contributed by atoms with van der Waals surface area (Å²) >= 11 is 0. The Balaban J connectivity index is 0.00000320. The van der Waals surface area contributed by atoms with E-state index in [1.807, 2.05) is 0 Å². The maximum atomic E-state index is 2.33. The van der Waals surface area contributed by atoms with Crippen LogP contribution in [0, 0.1) is 6.67 Å². The molecule has 2 aromatic rings. The van der Waals surface area contributed by atoms with Crippen molar-refractivity contribution in [1.29, 1.82) is 0 Å². The summed E-state index contributed by atoms with van der Waals surface area (Å²) in [6, 6.07) is 13.5. The van der Waals surface area contributed by atoms with Crippen LogP contribution in [-0.4, -0.2) is 0 Å². The molecule has 0 aliphatic carbocycles. The third-order valence-electron chi connectivity index (χ3n) is 5.84. The molecule has 0 aromatic heterocycles. The van der Waals surface area contributed by atoms with E-state index in [-0.39, 0.29) is 22.4 Å². The molecule has 0 atom stereocenters. The molecule has 0 amide bonds. The number of nitrogens with zero attached hydrogens (tertiary/aromatic N) is 2. The molecule has 1 heterocycles. The van der Waals surface area contributed by atoms with Crippen LogP contribution in [0.3, 0.4) is 0 Å². The summed E-state index contributed by atoms with van der Waals surface area (Å²) in [6.45, 7) is 20.5. The molecule has 3 heteroatoms. The van der Waals surface area contributed by atoms with Gasteiger partial charge < -0.3 is 9.80 Å². The normalized spacial score (nSPS) is 13.9. The number of rotatable bonds is 6. The molecular weight excluding hydrogens is 549 g/mol. The quantitative estimate of drug-likeness (QED) is 0.251. The van der Waals surface area contributed by atoms with Crippen LogP contribution in [0.2, 0.25) is 0 Å². The number of para-hydroxylation sites is 2. The number of benzene rings is 2. The minimum atomic E-state index is 0. The summed E-state index contributed by atoms with van der Waals surface area (Å²) in [6.07, 6.45) is 4.43. The Morgan fingerprint density at radius 3 is 1.03 bits per heavy atom. The predicted octanol–water partition coefficient (Wildman–Crippen LogP) is 7.83. The van der Waals surface area contributed by atoms with Gasteiger partial charge in [0.2, 0.25) is 0 Å². The topological polar surface area (TPSA) is 6.48 Å². The van der Waals surface area contributed by atoms with Crippen LogP contribution >= 0.6 is 0 Å². The van der Waals surface area contributed by atoms with Crippen LogP contribution in [0.25, 0.3) is 0 Å². The Labute approximate surface area is 199 Å². The van der Waals surface area contributed by atoms with E-state index in [0.29, 0.717) is 23.7 Å².